The maximum atomic E-state index is 12.7. The Bertz CT molecular complexity index is 481. The van der Waals surface area contributed by atoms with E-state index in [1.54, 1.807) is 0 Å². The molecule has 0 bridgehead atoms. The topological polar surface area (TPSA) is 84.6 Å². The van der Waals surface area contributed by atoms with Crippen LogP contribution in [-0.2, 0) is 9.59 Å². The molecule has 0 aliphatic carbocycles. The summed E-state index contributed by atoms with van der Waals surface area (Å²) >= 11 is 0. The van der Waals surface area contributed by atoms with Crippen molar-refractivity contribution in [1.82, 2.24) is 5.32 Å². The molecule has 1 heterocycles. The molecule has 1 aliphatic heterocycles. The summed E-state index contributed by atoms with van der Waals surface area (Å²) in [5.41, 5.74) is 5.71. The predicted molar refractivity (Wildman–Crippen MR) is 54.1 cm³/mol. The van der Waals surface area contributed by atoms with E-state index in [0.717, 1.165) is 0 Å². The molecule has 0 spiro atoms. The first kappa shape index (κ1) is 10.4. The highest BCUT2D eigenvalue weighted by molar-refractivity contribution is 6.22. The summed E-state index contributed by atoms with van der Waals surface area (Å²) in [6.07, 6.45) is 0. The van der Waals surface area contributed by atoms with Gasteiger partial charge in [0.25, 0.3) is 11.8 Å². The van der Waals surface area contributed by atoms with Crippen LogP contribution in [0.2, 0.25) is 0 Å². The summed E-state index contributed by atoms with van der Waals surface area (Å²) < 4.78 is 12.7. The van der Waals surface area contributed by atoms with Crippen LogP contribution in [0, 0.1) is 5.82 Å². The average Bonchev–Trinajstić information content (AvgIpc) is 2.26. The highest BCUT2D eigenvalue weighted by Gasteiger charge is 2.28. The van der Waals surface area contributed by atoms with Gasteiger partial charge in [0, 0.05) is 5.56 Å². The quantitative estimate of drug-likeness (QED) is 0.630. The molecule has 2 rings (SSSR count). The van der Waals surface area contributed by atoms with Gasteiger partial charge in [0.15, 0.2) is 6.04 Å². The average molecular weight is 221 g/mol. The summed E-state index contributed by atoms with van der Waals surface area (Å²) in [5, 5.41) is 2.38. The van der Waals surface area contributed by atoms with Gasteiger partial charge in [0.05, 0.1) is 0 Å². The summed E-state index contributed by atoms with van der Waals surface area (Å²) in [6.45, 7) is 0. The number of aliphatic imine (C=N–C) groups is 1. The first-order chi connectivity index (χ1) is 7.58. The van der Waals surface area contributed by atoms with Crippen LogP contribution in [0.15, 0.2) is 29.3 Å². The molecule has 82 valence electrons. The van der Waals surface area contributed by atoms with Crippen LogP contribution in [0.4, 0.5) is 4.39 Å². The second kappa shape index (κ2) is 3.82. The molecule has 3 N–H and O–H groups in total. The van der Waals surface area contributed by atoms with Gasteiger partial charge in [-0.25, -0.2) is 4.39 Å². The predicted octanol–water partition coefficient (Wildman–Crippen LogP) is -0.444. The highest BCUT2D eigenvalue weighted by atomic mass is 19.1. The second-order valence-electron chi connectivity index (χ2n) is 3.27. The second-order valence-corrected chi connectivity index (χ2v) is 3.27. The molecule has 0 aromatic heterocycles. The number of nitrogens with one attached hydrogen (secondary N) is 1. The minimum atomic E-state index is -1.26. The lowest BCUT2D eigenvalue weighted by atomic mass is 10.1. The Labute approximate surface area is 90.2 Å². The summed E-state index contributed by atoms with van der Waals surface area (Å²) in [5.74, 6) is -1.63. The Hall–Kier alpha value is -2.08. The van der Waals surface area contributed by atoms with Crippen molar-refractivity contribution < 1.29 is 14.0 Å². The van der Waals surface area contributed by atoms with Gasteiger partial charge < -0.3 is 11.1 Å². The van der Waals surface area contributed by atoms with E-state index >= 15 is 0 Å². The number of carbonyl (C=O) groups is 2. The lowest BCUT2D eigenvalue weighted by molar-refractivity contribution is -0.129. The van der Waals surface area contributed by atoms with E-state index in [0.29, 0.717) is 5.56 Å². The molecule has 0 saturated heterocycles. The van der Waals surface area contributed by atoms with Crippen LogP contribution in [0.1, 0.15) is 5.56 Å². The smallest absolute Gasteiger partial charge is 0.274 e. The standard InChI is InChI=1S/C10H8FN3O2/c11-6-3-1-5(2-4-6)8-13-9(15)7(12)10(16)14-8/h1-4,7H,12H2,(H,13,14,15,16). The van der Waals surface area contributed by atoms with E-state index in [2.05, 4.69) is 10.3 Å². The maximum Gasteiger partial charge on any atom is 0.274 e. The van der Waals surface area contributed by atoms with Crippen molar-refractivity contribution in [3.63, 3.8) is 0 Å². The number of carbonyl (C=O) groups excluding carboxylic acids is 2. The number of hydrogen-bond acceptors (Lipinski definition) is 3. The summed E-state index contributed by atoms with van der Waals surface area (Å²) in [6, 6.07) is 3.99. The number of hydrogen-bond donors (Lipinski definition) is 2. The number of rotatable bonds is 1. The maximum absolute atomic E-state index is 12.7. The zero-order valence-corrected chi connectivity index (χ0v) is 8.11. The minimum Gasteiger partial charge on any atom is -0.312 e. The first-order valence-electron chi connectivity index (χ1n) is 4.53. The van der Waals surface area contributed by atoms with Gasteiger partial charge in [-0.2, -0.15) is 4.99 Å². The molecule has 1 aliphatic rings. The third-order valence-corrected chi connectivity index (χ3v) is 2.13. The third-order valence-electron chi connectivity index (χ3n) is 2.13. The van der Waals surface area contributed by atoms with Crippen LogP contribution in [0.3, 0.4) is 0 Å². The van der Waals surface area contributed by atoms with Crippen molar-refractivity contribution in [2.45, 2.75) is 6.04 Å². The highest BCUT2D eigenvalue weighted by Crippen LogP contribution is 2.06. The van der Waals surface area contributed by atoms with Gasteiger partial charge in [0.1, 0.15) is 11.7 Å². The zero-order valence-electron chi connectivity index (χ0n) is 8.11. The zero-order chi connectivity index (χ0) is 11.7. The Kier molecular flexibility index (Phi) is 2.49. The SMILES string of the molecule is NC1C(=O)N=C(c2ccc(F)cc2)NC1=O. The Morgan fingerprint density at radius 1 is 1.25 bits per heavy atom. The van der Waals surface area contributed by atoms with Gasteiger partial charge in [-0.15, -0.1) is 0 Å². The van der Waals surface area contributed by atoms with Crippen LogP contribution in [0.5, 0.6) is 0 Å². The third kappa shape index (κ3) is 1.82. The van der Waals surface area contributed by atoms with Gasteiger partial charge >= 0.3 is 0 Å². The van der Waals surface area contributed by atoms with E-state index in [-0.39, 0.29) is 5.84 Å². The van der Waals surface area contributed by atoms with Crippen molar-refractivity contribution in [3.05, 3.63) is 35.6 Å². The molecule has 1 atom stereocenters. The Morgan fingerprint density at radius 3 is 2.44 bits per heavy atom. The molecule has 2 amide bonds. The van der Waals surface area contributed by atoms with Crippen molar-refractivity contribution >= 4 is 17.6 Å². The summed E-state index contributed by atoms with van der Waals surface area (Å²) in [4.78, 5) is 26.1. The summed E-state index contributed by atoms with van der Waals surface area (Å²) in [7, 11) is 0. The van der Waals surface area contributed by atoms with Crippen LogP contribution in [-0.4, -0.2) is 23.7 Å². The largest absolute Gasteiger partial charge is 0.312 e. The lowest BCUT2D eigenvalue weighted by Crippen LogP contribution is -2.52. The normalized spacial score (nSPS) is 20.4. The van der Waals surface area contributed by atoms with E-state index in [1.165, 1.54) is 24.3 Å². The first-order valence-corrected chi connectivity index (χ1v) is 4.53. The molecule has 1 unspecified atom stereocenters. The number of halogens is 1. The van der Waals surface area contributed by atoms with E-state index in [1.807, 2.05) is 0 Å². The minimum absolute atomic E-state index is 0.0942. The Balaban J connectivity index is 2.35. The van der Waals surface area contributed by atoms with Gasteiger partial charge in [-0.1, -0.05) is 0 Å². The number of amides is 2. The molecule has 1 aromatic carbocycles. The number of nitrogens with two attached hydrogens (primary N) is 1. The molecular weight excluding hydrogens is 213 g/mol. The molecule has 1 aromatic rings. The van der Waals surface area contributed by atoms with Gasteiger partial charge in [-0.3, -0.25) is 9.59 Å². The fraction of sp³-hybridized carbons (Fsp3) is 0.100. The van der Waals surface area contributed by atoms with Crippen molar-refractivity contribution in [2.24, 2.45) is 10.7 Å². The number of amidine groups is 1. The Morgan fingerprint density at radius 2 is 1.88 bits per heavy atom. The molecule has 0 saturated carbocycles. The molecule has 6 heteroatoms. The molecule has 0 fully saturated rings. The van der Waals surface area contributed by atoms with Crippen LogP contribution >= 0.6 is 0 Å². The fourth-order valence-electron chi connectivity index (χ4n) is 1.26. The van der Waals surface area contributed by atoms with Crippen LogP contribution in [0.25, 0.3) is 0 Å². The van der Waals surface area contributed by atoms with Gasteiger partial charge in [0.2, 0.25) is 0 Å². The molecule has 0 radical (unpaired) electrons. The number of benzene rings is 1. The molecule has 5 nitrogen and oxygen atoms in total. The molecular formula is C10H8FN3O2. The number of nitrogens with zero attached hydrogens (tertiary/aromatic N) is 1. The van der Waals surface area contributed by atoms with Crippen LogP contribution < -0.4 is 11.1 Å². The van der Waals surface area contributed by atoms with Crippen molar-refractivity contribution in [2.75, 3.05) is 0 Å². The lowest BCUT2D eigenvalue weighted by Gasteiger charge is -2.16. The molecule has 16 heavy (non-hydrogen) atoms. The van der Waals surface area contributed by atoms with Gasteiger partial charge in [-0.05, 0) is 24.3 Å². The fourth-order valence-corrected chi connectivity index (χ4v) is 1.26. The monoisotopic (exact) mass is 221 g/mol. The van der Waals surface area contributed by atoms with E-state index in [4.69, 9.17) is 5.73 Å². The van der Waals surface area contributed by atoms with Crippen molar-refractivity contribution in [1.29, 1.82) is 0 Å². The van der Waals surface area contributed by atoms with E-state index in [9.17, 15) is 14.0 Å². The van der Waals surface area contributed by atoms with Crippen molar-refractivity contribution in [3.8, 4) is 0 Å². The van der Waals surface area contributed by atoms with E-state index < -0.39 is 23.7 Å².